The summed E-state index contributed by atoms with van der Waals surface area (Å²) in [4.78, 5) is 23.0. The van der Waals surface area contributed by atoms with Crippen molar-refractivity contribution in [3.05, 3.63) is 47.3 Å². The van der Waals surface area contributed by atoms with Crippen LogP contribution in [0.5, 0.6) is 0 Å². The van der Waals surface area contributed by atoms with Gasteiger partial charge in [-0.3, -0.25) is 9.48 Å². The molecule has 0 spiro atoms. The van der Waals surface area contributed by atoms with E-state index in [4.69, 9.17) is 5.11 Å². The third kappa shape index (κ3) is 3.08. The molecule has 2 rings (SSSR count). The summed E-state index contributed by atoms with van der Waals surface area (Å²) in [7, 11) is 1.40. The van der Waals surface area contributed by atoms with Crippen molar-refractivity contribution in [1.82, 2.24) is 9.78 Å². The van der Waals surface area contributed by atoms with Crippen LogP contribution in [0.1, 0.15) is 26.4 Å². The lowest BCUT2D eigenvalue weighted by Gasteiger charge is -2.13. The predicted octanol–water partition coefficient (Wildman–Crippen LogP) is 2.39. The molecule has 0 saturated carbocycles. The van der Waals surface area contributed by atoms with Crippen molar-refractivity contribution in [3.8, 4) is 0 Å². The summed E-state index contributed by atoms with van der Waals surface area (Å²) in [6.07, 6.45) is -3.52. The van der Waals surface area contributed by atoms with Crippen molar-refractivity contribution in [2.24, 2.45) is 7.05 Å². The number of alkyl halides is 3. The van der Waals surface area contributed by atoms with Crippen LogP contribution in [0.15, 0.2) is 30.5 Å². The Morgan fingerprint density at radius 3 is 2.50 bits per heavy atom. The van der Waals surface area contributed by atoms with Crippen molar-refractivity contribution in [3.63, 3.8) is 0 Å². The van der Waals surface area contributed by atoms with Gasteiger partial charge in [-0.15, -0.1) is 0 Å². The molecule has 1 amide bonds. The molecule has 0 saturated heterocycles. The number of nitrogens with zero attached hydrogens (tertiary/aromatic N) is 2. The lowest BCUT2D eigenvalue weighted by Crippen LogP contribution is -2.18. The number of aryl methyl sites for hydroxylation is 1. The molecule has 1 aromatic carbocycles. The van der Waals surface area contributed by atoms with E-state index in [1.807, 2.05) is 0 Å². The van der Waals surface area contributed by atoms with Crippen LogP contribution >= 0.6 is 0 Å². The number of carboxylic acids is 1. The summed E-state index contributed by atoms with van der Waals surface area (Å²) in [5.41, 5.74) is -2.35. The summed E-state index contributed by atoms with van der Waals surface area (Å²) in [5.74, 6) is -2.43. The molecule has 0 unspecified atom stereocenters. The van der Waals surface area contributed by atoms with E-state index in [1.165, 1.54) is 19.2 Å². The normalized spacial score (nSPS) is 11.3. The van der Waals surface area contributed by atoms with Crippen LogP contribution in [0.3, 0.4) is 0 Å². The molecule has 116 valence electrons. The predicted molar refractivity (Wildman–Crippen MR) is 69.6 cm³/mol. The molecular formula is C13H10F3N3O3. The molecule has 0 radical (unpaired) electrons. The maximum Gasteiger partial charge on any atom is 0.418 e. The highest BCUT2D eigenvalue weighted by Gasteiger charge is 2.34. The number of nitrogens with one attached hydrogen (secondary N) is 1. The van der Waals surface area contributed by atoms with Crippen molar-refractivity contribution in [1.29, 1.82) is 0 Å². The van der Waals surface area contributed by atoms with Crippen molar-refractivity contribution in [2.75, 3.05) is 5.32 Å². The Hall–Kier alpha value is -2.84. The van der Waals surface area contributed by atoms with E-state index in [0.29, 0.717) is 0 Å². The third-order valence-corrected chi connectivity index (χ3v) is 2.76. The first-order chi connectivity index (χ1) is 10.2. The quantitative estimate of drug-likeness (QED) is 0.911. The lowest BCUT2D eigenvalue weighted by atomic mass is 10.1. The Bertz CT molecular complexity index is 738. The number of hydrogen-bond donors (Lipinski definition) is 2. The second-order valence-electron chi connectivity index (χ2n) is 4.37. The maximum atomic E-state index is 12.9. The van der Waals surface area contributed by atoms with Gasteiger partial charge in [0.25, 0.3) is 5.91 Å². The minimum atomic E-state index is -4.64. The molecule has 0 aliphatic rings. The largest absolute Gasteiger partial charge is 0.476 e. The first kappa shape index (κ1) is 15.5. The van der Waals surface area contributed by atoms with Crippen LogP contribution < -0.4 is 5.32 Å². The van der Waals surface area contributed by atoms with Gasteiger partial charge in [0.1, 0.15) is 0 Å². The standard InChI is InChI=1S/C13H10F3N3O3/c1-19-6-7(10(18-19)12(21)22)11(20)17-9-5-3-2-4-8(9)13(14,15)16/h2-6H,1H3,(H,17,20)(H,21,22). The summed E-state index contributed by atoms with van der Waals surface area (Å²) >= 11 is 0. The Balaban J connectivity index is 2.37. The number of carboxylic acid groups (broad SMARTS) is 1. The van der Waals surface area contributed by atoms with Gasteiger partial charge in [-0.1, -0.05) is 12.1 Å². The molecule has 1 heterocycles. The first-order valence-electron chi connectivity index (χ1n) is 5.94. The number of amides is 1. The molecule has 0 aliphatic heterocycles. The van der Waals surface area contributed by atoms with Crippen LogP contribution in [0.2, 0.25) is 0 Å². The van der Waals surface area contributed by atoms with Crippen LogP contribution in [-0.2, 0) is 13.2 Å². The van der Waals surface area contributed by atoms with Crippen molar-refractivity contribution < 1.29 is 27.9 Å². The van der Waals surface area contributed by atoms with Gasteiger partial charge in [-0.05, 0) is 12.1 Å². The van der Waals surface area contributed by atoms with E-state index >= 15 is 0 Å². The van der Waals surface area contributed by atoms with Gasteiger partial charge in [-0.2, -0.15) is 18.3 Å². The molecule has 9 heteroatoms. The lowest BCUT2D eigenvalue weighted by molar-refractivity contribution is -0.136. The van der Waals surface area contributed by atoms with Gasteiger partial charge in [0, 0.05) is 13.2 Å². The fourth-order valence-electron chi connectivity index (χ4n) is 1.84. The van der Waals surface area contributed by atoms with Gasteiger partial charge >= 0.3 is 12.1 Å². The van der Waals surface area contributed by atoms with Crippen molar-refractivity contribution >= 4 is 17.6 Å². The van der Waals surface area contributed by atoms with Gasteiger partial charge in [0.15, 0.2) is 5.69 Å². The van der Waals surface area contributed by atoms with Crippen molar-refractivity contribution in [2.45, 2.75) is 6.18 Å². The van der Waals surface area contributed by atoms with Crippen LogP contribution in [0, 0.1) is 0 Å². The molecule has 0 aliphatic carbocycles. The number of benzene rings is 1. The van der Waals surface area contributed by atoms with E-state index in [9.17, 15) is 22.8 Å². The van der Waals surface area contributed by atoms with Gasteiger partial charge in [0.05, 0.1) is 16.8 Å². The van der Waals surface area contributed by atoms with E-state index in [-0.39, 0.29) is 5.56 Å². The Labute approximate surface area is 122 Å². The smallest absolute Gasteiger partial charge is 0.418 e. The zero-order valence-corrected chi connectivity index (χ0v) is 11.2. The second kappa shape index (κ2) is 5.51. The first-order valence-corrected chi connectivity index (χ1v) is 5.94. The Kier molecular flexibility index (Phi) is 3.89. The number of hydrogen-bond acceptors (Lipinski definition) is 3. The summed E-state index contributed by atoms with van der Waals surface area (Å²) in [6.45, 7) is 0. The summed E-state index contributed by atoms with van der Waals surface area (Å²) in [5, 5.41) is 14.6. The highest BCUT2D eigenvalue weighted by Crippen LogP contribution is 2.34. The number of carbonyl (C=O) groups is 2. The minimum absolute atomic E-state index is 0.327. The number of aromatic nitrogens is 2. The zero-order valence-electron chi connectivity index (χ0n) is 11.2. The van der Waals surface area contributed by atoms with E-state index in [2.05, 4.69) is 10.4 Å². The number of aromatic carboxylic acids is 1. The SMILES string of the molecule is Cn1cc(C(=O)Nc2ccccc2C(F)(F)F)c(C(=O)O)n1. The third-order valence-electron chi connectivity index (χ3n) is 2.76. The summed E-state index contributed by atoms with van der Waals surface area (Å²) < 4.78 is 39.6. The fraction of sp³-hybridized carbons (Fsp3) is 0.154. The average Bonchev–Trinajstić information content (AvgIpc) is 2.80. The molecule has 22 heavy (non-hydrogen) atoms. The number of carbonyl (C=O) groups excluding carboxylic acids is 1. The van der Waals surface area contributed by atoms with Crippen LogP contribution in [0.25, 0.3) is 0 Å². The number of para-hydroxylation sites is 1. The van der Waals surface area contributed by atoms with Crippen LogP contribution in [-0.4, -0.2) is 26.8 Å². The fourth-order valence-corrected chi connectivity index (χ4v) is 1.84. The molecule has 0 bridgehead atoms. The molecule has 2 N–H and O–H groups in total. The maximum absolute atomic E-state index is 12.9. The number of halogens is 3. The number of anilines is 1. The van der Waals surface area contributed by atoms with Gasteiger partial charge in [-0.25, -0.2) is 4.79 Å². The molecule has 2 aromatic rings. The minimum Gasteiger partial charge on any atom is -0.476 e. The van der Waals surface area contributed by atoms with Gasteiger partial charge in [0.2, 0.25) is 0 Å². The molecular weight excluding hydrogens is 303 g/mol. The zero-order chi connectivity index (χ0) is 16.5. The molecule has 0 atom stereocenters. The second-order valence-corrected chi connectivity index (χ2v) is 4.37. The molecule has 1 aromatic heterocycles. The number of rotatable bonds is 3. The molecule has 6 nitrogen and oxygen atoms in total. The van der Waals surface area contributed by atoms with E-state index in [1.54, 1.807) is 0 Å². The van der Waals surface area contributed by atoms with Crippen LogP contribution in [0.4, 0.5) is 18.9 Å². The Morgan fingerprint density at radius 1 is 1.27 bits per heavy atom. The monoisotopic (exact) mass is 313 g/mol. The highest BCUT2D eigenvalue weighted by atomic mass is 19.4. The van der Waals surface area contributed by atoms with E-state index in [0.717, 1.165) is 23.0 Å². The van der Waals surface area contributed by atoms with E-state index < -0.39 is 35.0 Å². The van der Waals surface area contributed by atoms with Gasteiger partial charge < -0.3 is 10.4 Å². The Morgan fingerprint density at radius 2 is 1.91 bits per heavy atom. The highest BCUT2D eigenvalue weighted by molar-refractivity contribution is 6.10. The average molecular weight is 313 g/mol. The topological polar surface area (TPSA) is 84.2 Å². The summed E-state index contributed by atoms with van der Waals surface area (Å²) in [6, 6.07) is 4.41. The molecule has 0 fully saturated rings.